The Kier molecular flexibility index (Phi) is 12.6. The SMILES string of the molecule is CCCOC(=O)CC(=O)C(CC)OC(CC)C(=O)CC(=O)OCCC. The summed E-state index contributed by atoms with van der Waals surface area (Å²) < 4.78 is 15.3. The van der Waals surface area contributed by atoms with Crippen LogP contribution in [0.15, 0.2) is 0 Å². The second-order valence-electron chi connectivity index (χ2n) is 5.66. The van der Waals surface area contributed by atoms with Gasteiger partial charge in [0.2, 0.25) is 0 Å². The second kappa shape index (κ2) is 13.5. The summed E-state index contributed by atoms with van der Waals surface area (Å²) in [5, 5.41) is 0. The Hall–Kier alpha value is -1.76. The molecule has 0 rings (SSSR count). The average Bonchev–Trinajstić information content (AvgIpc) is 2.58. The first-order valence-electron chi connectivity index (χ1n) is 8.91. The molecular formula is C18H30O7. The highest BCUT2D eigenvalue weighted by Crippen LogP contribution is 2.12. The van der Waals surface area contributed by atoms with E-state index in [1.807, 2.05) is 13.8 Å². The molecule has 7 heteroatoms. The van der Waals surface area contributed by atoms with Crippen molar-refractivity contribution in [2.24, 2.45) is 0 Å². The van der Waals surface area contributed by atoms with Crippen molar-refractivity contribution in [2.45, 2.75) is 78.4 Å². The Labute approximate surface area is 149 Å². The molecule has 0 saturated carbocycles. The van der Waals surface area contributed by atoms with Crippen LogP contribution in [-0.2, 0) is 33.4 Å². The standard InChI is InChI=1S/C18H30O7/c1-5-9-23-17(21)11-13(19)15(7-3)25-16(8-4)14(20)12-18(22)24-10-6-2/h15-16H,5-12H2,1-4H3. The zero-order valence-corrected chi connectivity index (χ0v) is 15.7. The van der Waals surface area contributed by atoms with E-state index in [0.29, 0.717) is 25.7 Å². The van der Waals surface area contributed by atoms with Gasteiger partial charge in [-0.25, -0.2) is 0 Å². The third kappa shape index (κ3) is 9.96. The number of ether oxygens (including phenoxy) is 3. The van der Waals surface area contributed by atoms with E-state index >= 15 is 0 Å². The van der Waals surface area contributed by atoms with Crippen molar-refractivity contribution < 1.29 is 33.4 Å². The Morgan fingerprint density at radius 2 is 1.04 bits per heavy atom. The van der Waals surface area contributed by atoms with Crippen LogP contribution in [0.3, 0.4) is 0 Å². The van der Waals surface area contributed by atoms with E-state index in [-0.39, 0.29) is 26.1 Å². The molecule has 0 aromatic heterocycles. The zero-order chi connectivity index (χ0) is 19.2. The van der Waals surface area contributed by atoms with E-state index in [2.05, 4.69) is 0 Å². The third-order valence-electron chi connectivity index (χ3n) is 3.36. The molecule has 2 unspecified atom stereocenters. The Balaban J connectivity index is 4.61. The van der Waals surface area contributed by atoms with Gasteiger partial charge in [-0.15, -0.1) is 0 Å². The first-order chi connectivity index (χ1) is 11.9. The predicted octanol–water partition coefficient (Wildman–Crippen LogP) is 2.38. The van der Waals surface area contributed by atoms with Gasteiger partial charge in [0.1, 0.15) is 25.0 Å². The number of rotatable bonds is 14. The average molecular weight is 358 g/mol. The molecular weight excluding hydrogens is 328 g/mol. The highest BCUT2D eigenvalue weighted by Gasteiger charge is 2.28. The van der Waals surface area contributed by atoms with Crippen LogP contribution in [-0.4, -0.2) is 48.9 Å². The Morgan fingerprint density at radius 1 is 0.680 bits per heavy atom. The number of esters is 2. The summed E-state index contributed by atoms with van der Waals surface area (Å²) in [5.41, 5.74) is 0. The number of carbonyl (C=O) groups excluding carboxylic acids is 4. The summed E-state index contributed by atoms with van der Waals surface area (Å²) in [6.07, 6.45) is -0.538. The minimum atomic E-state index is -0.880. The summed E-state index contributed by atoms with van der Waals surface area (Å²) in [6, 6.07) is 0. The minimum Gasteiger partial charge on any atom is -0.465 e. The first-order valence-corrected chi connectivity index (χ1v) is 8.91. The molecule has 0 aliphatic carbocycles. The molecule has 0 N–H and O–H groups in total. The van der Waals surface area contributed by atoms with Crippen molar-refractivity contribution in [1.82, 2.24) is 0 Å². The largest absolute Gasteiger partial charge is 0.465 e. The predicted molar refractivity (Wildman–Crippen MR) is 91.0 cm³/mol. The van der Waals surface area contributed by atoms with Crippen LogP contribution in [0.2, 0.25) is 0 Å². The summed E-state index contributed by atoms with van der Waals surface area (Å²) in [6.45, 7) is 7.70. The van der Waals surface area contributed by atoms with E-state index in [1.54, 1.807) is 13.8 Å². The lowest BCUT2D eigenvalue weighted by Gasteiger charge is -2.21. The molecule has 0 amide bonds. The molecule has 144 valence electrons. The minimum absolute atomic E-state index is 0.264. The molecule has 0 aromatic rings. The van der Waals surface area contributed by atoms with Crippen LogP contribution >= 0.6 is 0 Å². The third-order valence-corrected chi connectivity index (χ3v) is 3.36. The van der Waals surface area contributed by atoms with Gasteiger partial charge in [-0.05, 0) is 25.7 Å². The van der Waals surface area contributed by atoms with Gasteiger partial charge in [-0.1, -0.05) is 27.7 Å². The van der Waals surface area contributed by atoms with E-state index in [1.165, 1.54) is 0 Å². The maximum Gasteiger partial charge on any atom is 0.313 e. The molecule has 0 aliphatic rings. The lowest BCUT2D eigenvalue weighted by atomic mass is 10.1. The monoisotopic (exact) mass is 358 g/mol. The number of ketones is 2. The topological polar surface area (TPSA) is 96.0 Å². The van der Waals surface area contributed by atoms with Gasteiger partial charge >= 0.3 is 11.9 Å². The van der Waals surface area contributed by atoms with Crippen LogP contribution in [0.1, 0.15) is 66.2 Å². The normalized spacial score (nSPS) is 13.0. The lowest BCUT2D eigenvalue weighted by molar-refractivity contribution is -0.153. The van der Waals surface area contributed by atoms with Crippen LogP contribution in [0.25, 0.3) is 0 Å². The van der Waals surface area contributed by atoms with E-state index in [4.69, 9.17) is 14.2 Å². The molecule has 25 heavy (non-hydrogen) atoms. The molecule has 0 saturated heterocycles. The van der Waals surface area contributed by atoms with Crippen molar-refractivity contribution in [3.05, 3.63) is 0 Å². The van der Waals surface area contributed by atoms with Crippen molar-refractivity contribution in [2.75, 3.05) is 13.2 Å². The number of hydrogen-bond acceptors (Lipinski definition) is 7. The van der Waals surface area contributed by atoms with Gasteiger partial charge in [0, 0.05) is 0 Å². The van der Waals surface area contributed by atoms with Gasteiger partial charge in [-0.3, -0.25) is 19.2 Å². The van der Waals surface area contributed by atoms with Crippen LogP contribution in [0, 0.1) is 0 Å². The highest BCUT2D eigenvalue weighted by molar-refractivity contribution is 5.99. The first kappa shape index (κ1) is 23.2. The van der Waals surface area contributed by atoms with Crippen LogP contribution < -0.4 is 0 Å². The van der Waals surface area contributed by atoms with Gasteiger partial charge in [-0.2, -0.15) is 0 Å². The summed E-state index contributed by atoms with van der Waals surface area (Å²) in [7, 11) is 0. The molecule has 7 nitrogen and oxygen atoms in total. The summed E-state index contributed by atoms with van der Waals surface area (Å²) in [5.74, 6) is -2.06. The van der Waals surface area contributed by atoms with Crippen LogP contribution in [0.5, 0.6) is 0 Å². The Morgan fingerprint density at radius 3 is 1.32 bits per heavy atom. The van der Waals surface area contributed by atoms with Crippen molar-refractivity contribution >= 4 is 23.5 Å². The maximum atomic E-state index is 12.2. The van der Waals surface area contributed by atoms with E-state index in [0.717, 1.165) is 0 Å². The summed E-state index contributed by atoms with van der Waals surface area (Å²) >= 11 is 0. The zero-order valence-electron chi connectivity index (χ0n) is 15.7. The Bertz CT molecular complexity index is 405. The molecule has 0 spiro atoms. The van der Waals surface area contributed by atoms with Gasteiger partial charge < -0.3 is 14.2 Å². The van der Waals surface area contributed by atoms with Crippen molar-refractivity contribution in [1.29, 1.82) is 0 Å². The van der Waals surface area contributed by atoms with E-state index in [9.17, 15) is 19.2 Å². The van der Waals surface area contributed by atoms with Gasteiger partial charge in [0.25, 0.3) is 0 Å². The smallest absolute Gasteiger partial charge is 0.313 e. The fourth-order valence-corrected chi connectivity index (χ4v) is 2.04. The molecule has 0 fully saturated rings. The molecule has 0 aliphatic heterocycles. The maximum absolute atomic E-state index is 12.2. The number of hydrogen-bond donors (Lipinski definition) is 0. The van der Waals surface area contributed by atoms with Crippen molar-refractivity contribution in [3.8, 4) is 0 Å². The van der Waals surface area contributed by atoms with Crippen molar-refractivity contribution in [3.63, 3.8) is 0 Å². The van der Waals surface area contributed by atoms with Crippen LogP contribution in [0.4, 0.5) is 0 Å². The highest BCUT2D eigenvalue weighted by atomic mass is 16.5. The van der Waals surface area contributed by atoms with Gasteiger partial charge in [0.05, 0.1) is 13.2 Å². The number of Topliss-reactive ketones (excluding diaryl/α,β-unsaturated/α-hetero) is 2. The lowest BCUT2D eigenvalue weighted by Crippen LogP contribution is -2.35. The number of carbonyl (C=O) groups is 4. The molecule has 0 aromatic carbocycles. The second-order valence-corrected chi connectivity index (χ2v) is 5.66. The quantitative estimate of drug-likeness (QED) is 0.347. The molecule has 2 atom stereocenters. The molecule has 0 radical (unpaired) electrons. The molecule has 0 bridgehead atoms. The fourth-order valence-electron chi connectivity index (χ4n) is 2.04. The van der Waals surface area contributed by atoms with Gasteiger partial charge in [0.15, 0.2) is 11.6 Å². The molecule has 0 heterocycles. The van der Waals surface area contributed by atoms with E-state index < -0.39 is 35.7 Å². The summed E-state index contributed by atoms with van der Waals surface area (Å²) in [4.78, 5) is 47.4. The fraction of sp³-hybridized carbons (Fsp3) is 0.778.